The van der Waals surface area contributed by atoms with Gasteiger partial charge in [-0.05, 0) is 68.3 Å². The second-order valence-corrected chi connectivity index (χ2v) is 9.42. The Kier molecular flexibility index (Phi) is 7.18. The van der Waals surface area contributed by atoms with E-state index < -0.39 is 23.2 Å². The first kappa shape index (κ1) is 25.5. The summed E-state index contributed by atoms with van der Waals surface area (Å²) in [6, 6.07) is 15.9. The Morgan fingerprint density at radius 2 is 1.71 bits per heavy atom. The van der Waals surface area contributed by atoms with Crippen LogP contribution in [0.15, 0.2) is 69.9 Å². The van der Waals surface area contributed by atoms with Gasteiger partial charge < -0.3 is 13.9 Å². The van der Waals surface area contributed by atoms with Gasteiger partial charge in [-0.3, -0.25) is 14.5 Å². The van der Waals surface area contributed by atoms with Crippen molar-refractivity contribution in [1.29, 1.82) is 0 Å². The van der Waals surface area contributed by atoms with Crippen molar-refractivity contribution in [3.63, 3.8) is 0 Å². The predicted molar refractivity (Wildman–Crippen MR) is 145 cm³/mol. The van der Waals surface area contributed by atoms with Gasteiger partial charge in [0.1, 0.15) is 11.4 Å². The van der Waals surface area contributed by atoms with Crippen LogP contribution in [0.4, 0.5) is 10.1 Å². The molecule has 38 heavy (non-hydrogen) atoms. The largest absolute Gasteiger partial charge is 0.490 e. The normalized spacial score (nSPS) is 14.7. The number of halogens is 1. The summed E-state index contributed by atoms with van der Waals surface area (Å²) in [5.74, 6) is 0.102. The zero-order valence-electron chi connectivity index (χ0n) is 21.8. The van der Waals surface area contributed by atoms with Gasteiger partial charge in [-0.25, -0.2) is 4.39 Å². The zero-order chi connectivity index (χ0) is 26.8. The van der Waals surface area contributed by atoms with Crippen LogP contribution in [0, 0.1) is 12.7 Å². The van der Waals surface area contributed by atoms with Crippen LogP contribution in [0.3, 0.4) is 0 Å². The summed E-state index contributed by atoms with van der Waals surface area (Å²) in [6.45, 7) is 6.96. The highest BCUT2D eigenvalue weighted by Gasteiger charge is 2.44. The fourth-order valence-electron chi connectivity index (χ4n) is 4.85. The Balaban J connectivity index is 1.68. The van der Waals surface area contributed by atoms with Crippen molar-refractivity contribution in [1.82, 2.24) is 0 Å². The number of carbonyl (C=O) groups excluding carboxylic acids is 1. The Labute approximate surface area is 220 Å². The van der Waals surface area contributed by atoms with E-state index in [1.165, 1.54) is 12.1 Å². The minimum atomic E-state index is -0.794. The number of aryl methyl sites for hydroxylation is 1. The molecule has 0 saturated heterocycles. The molecule has 0 spiro atoms. The summed E-state index contributed by atoms with van der Waals surface area (Å²) >= 11 is 0. The highest BCUT2D eigenvalue weighted by Crippen LogP contribution is 2.43. The summed E-state index contributed by atoms with van der Waals surface area (Å²) in [6.07, 6.45) is 3.09. The second kappa shape index (κ2) is 10.7. The Morgan fingerprint density at radius 3 is 2.45 bits per heavy atom. The Hall–Kier alpha value is -4.13. The summed E-state index contributed by atoms with van der Waals surface area (Å²) in [4.78, 5) is 29.1. The highest BCUT2D eigenvalue weighted by atomic mass is 19.1. The first-order chi connectivity index (χ1) is 18.4. The predicted octanol–water partition coefficient (Wildman–Crippen LogP) is 6.96. The molecule has 0 aliphatic carbocycles. The fourth-order valence-corrected chi connectivity index (χ4v) is 4.85. The molecule has 6 nitrogen and oxygen atoms in total. The van der Waals surface area contributed by atoms with E-state index in [0.29, 0.717) is 36.0 Å². The van der Waals surface area contributed by atoms with E-state index in [4.69, 9.17) is 13.9 Å². The van der Waals surface area contributed by atoms with Crippen LogP contribution in [-0.2, 0) is 0 Å². The molecule has 1 unspecified atom stereocenters. The smallest absolute Gasteiger partial charge is 0.295 e. The number of anilines is 1. The third-order valence-electron chi connectivity index (χ3n) is 6.73. The van der Waals surface area contributed by atoms with Crippen molar-refractivity contribution in [2.24, 2.45) is 0 Å². The lowest BCUT2D eigenvalue weighted by Gasteiger charge is -2.26. The maximum atomic E-state index is 14.1. The van der Waals surface area contributed by atoms with Gasteiger partial charge in [0, 0.05) is 5.69 Å². The highest BCUT2D eigenvalue weighted by molar-refractivity contribution is 6.10. The summed E-state index contributed by atoms with van der Waals surface area (Å²) in [5, 5.41) is 0.0909. The molecule has 1 aliphatic heterocycles. The van der Waals surface area contributed by atoms with Gasteiger partial charge in [0.25, 0.3) is 5.91 Å². The number of carbonyl (C=O) groups is 1. The van der Waals surface area contributed by atoms with Crippen molar-refractivity contribution in [3.05, 3.63) is 99.2 Å². The number of amides is 1. The number of hydrogen-bond donors (Lipinski definition) is 0. The van der Waals surface area contributed by atoms with Gasteiger partial charge in [-0.1, -0.05) is 43.5 Å². The molecule has 0 N–H and O–H groups in total. The number of ether oxygens (including phenoxy) is 2. The lowest BCUT2D eigenvalue weighted by Crippen LogP contribution is -2.29. The van der Waals surface area contributed by atoms with Gasteiger partial charge >= 0.3 is 0 Å². The van der Waals surface area contributed by atoms with Crippen LogP contribution in [0.25, 0.3) is 11.0 Å². The van der Waals surface area contributed by atoms with Crippen LogP contribution in [0.5, 0.6) is 11.5 Å². The van der Waals surface area contributed by atoms with Crippen LogP contribution >= 0.6 is 0 Å². The first-order valence-corrected chi connectivity index (χ1v) is 13.0. The summed E-state index contributed by atoms with van der Waals surface area (Å²) in [7, 11) is 0. The Bertz CT molecular complexity index is 1540. The van der Waals surface area contributed by atoms with E-state index in [-0.39, 0.29) is 22.3 Å². The lowest BCUT2D eigenvalue weighted by atomic mass is 9.97. The van der Waals surface area contributed by atoms with Crippen molar-refractivity contribution in [2.75, 3.05) is 18.1 Å². The van der Waals surface area contributed by atoms with Crippen molar-refractivity contribution in [3.8, 4) is 11.5 Å². The molecular weight excluding hydrogens is 485 g/mol. The molecule has 0 radical (unpaired) electrons. The molecule has 5 rings (SSSR count). The molecule has 3 aromatic carbocycles. The average molecular weight is 516 g/mol. The minimum Gasteiger partial charge on any atom is -0.490 e. The molecule has 196 valence electrons. The van der Waals surface area contributed by atoms with Crippen LogP contribution in [0.1, 0.15) is 66.4 Å². The van der Waals surface area contributed by atoms with Gasteiger partial charge in [0.15, 0.2) is 16.9 Å². The van der Waals surface area contributed by atoms with E-state index >= 15 is 0 Å². The van der Waals surface area contributed by atoms with Gasteiger partial charge in [-0.15, -0.1) is 0 Å². The number of unbranched alkanes of at least 4 members (excludes halogenated alkanes) is 2. The third-order valence-corrected chi connectivity index (χ3v) is 6.73. The van der Waals surface area contributed by atoms with E-state index in [9.17, 15) is 14.0 Å². The van der Waals surface area contributed by atoms with Crippen molar-refractivity contribution < 1.29 is 23.1 Å². The topological polar surface area (TPSA) is 69.0 Å². The number of fused-ring (bicyclic) bond motifs is 2. The average Bonchev–Trinajstić information content (AvgIpc) is 3.20. The molecule has 7 heteroatoms. The second-order valence-electron chi connectivity index (χ2n) is 9.42. The molecular formula is C31H30FNO5. The lowest BCUT2D eigenvalue weighted by molar-refractivity contribution is 0.0971. The molecule has 1 amide bonds. The first-order valence-electron chi connectivity index (χ1n) is 13.0. The van der Waals surface area contributed by atoms with Crippen LogP contribution in [-0.4, -0.2) is 19.1 Å². The van der Waals surface area contributed by atoms with E-state index in [1.807, 2.05) is 56.3 Å². The number of rotatable bonds is 9. The Morgan fingerprint density at radius 1 is 0.921 bits per heavy atom. The molecule has 1 aromatic heterocycles. The van der Waals surface area contributed by atoms with Crippen LogP contribution < -0.4 is 19.8 Å². The van der Waals surface area contributed by atoms with Crippen molar-refractivity contribution in [2.45, 2.75) is 46.1 Å². The van der Waals surface area contributed by atoms with Crippen LogP contribution in [0.2, 0.25) is 0 Å². The monoisotopic (exact) mass is 515 g/mol. The molecule has 4 aromatic rings. The van der Waals surface area contributed by atoms with E-state index in [2.05, 4.69) is 6.92 Å². The number of benzene rings is 3. The molecule has 0 bridgehead atoms. The van der Waals surface area contributed by atoms with E-state index in [0.717, 1.165) is 30.9 Å². The summed E-state index contributed by atoms with van der Waals surface area (Å²) < 4.78 is 31.9. The number of hydrogen-bond acceptors (Lipinski definition) is 5. The maximum absolute atomic E-state index is 14.1. The van der Waals surface area contributed by atoms with E-state index in [1.54, 1.807) is 4.90 Å². The standard InChI is InChI=1S/C31H30FNO5/c1-4-6-7-16-37-25-14-10-20(17-26(25)36-5-2)28-27-29(34)23-18-21(32)11-15-24(23)38-30(27)31(35)33(28)22-12-8-19(3)9-13-22/h8-15,17-18,28H,4-7,16H2,1-3H3. The SMILES string of the molecule is CCCCCOc1ccc(C2c3c(oc4ccc(F)cc4c3=O)C(=O)N2c2ccc(C)cc2)cc1OCC. The van der Waals surface area contributed by atoms with Crippen molar-refractivity contribution >= 4 is 22.6 Å². The van der Waals surface area contributed by atoms with Gasteiger partial charge in [-0.2, -0.15) is 0 Å². The molecule has 0 saturated carbocycles. The third kappa shape index (κ3) is 4.64. The summed E-state index contributed by atoms with van der Waals surface area (Å²) in [5.41, 5.74) is 2.21. The molecule has 1 aliphatic rings. The minimum absolute atomic E-state index is 0.0439. The molecule has 2 heterocycles. The fraction of sp³-hybridized carbons (Fsp3) is 0.290. The van der Waals surface area contributed by atoms with Gasteiger partial charge in [0.2, 0.25) is 5.76 Å². The molecule has 0 fully saturated rings. The maximum Gasteiger partial charge on any atom is 0.295 e. The number of nitrogens with zero attached hydrogens (tertiary/aromatic N) is 1. The molecule has 1 atom stereocenters. The quantitative estimate of drug-likeness (QED) is 0.226. The zero-order valence-corrected chi connectivity index (χ0v) is 21.8. The van der Waals surface area contributed by atoms with Gasteiger partial charge in [0.05, 0.1) is 30.2 Å².